The summed E-state index contributed by atoms with van der Waals surface area (Å²) in [5.41, 5.74) is 5.97. The molecule has 1 aromatic carbocycles. The molecule has 18 heavy (non-hydrogen) atoms. The summed E-state index contributed by atoms with van der Waals surface area (Å²) in [6.07, 6.45) is 6.02. The van der Waals surface area contributed by atoms with Crippen LogP contribution < -0.4 is 12.4 Å². The number of aryl methyl sites for hydroxylation is 1. The monoisotopic (exact) mass is 447 g/mol. The van der Waals surface area contributed by atoms with Gasteiger partial charge in [0.2, 0.25) is 0 Å². The van der Waals surface area contributed by atoms with Crippen LogP contribution in [-0.2, 0) is 27.7 Å². The molecule has 0 bridgehead atoms. The van der Waals surface area contributed by atoms with Crippen LogP contribution in [0.1, 0.15) is 12.5 Å². The van der Waals surface area contributed by atoms with E-state index < -0.39 is 0 Å². The smallest absolute Gasteiger partial charge is 1.00 e. The number of benzene rings is 1. The summed E-state index contributed by atoms with van der Waals surface area (Å²) in [6.45, 7) is 4.16. The Morgan fingerprint density at radius 1 is 1.11 bits per heavy atom. The average molecular weight is 446 g/mol. The Kier molecular flexibility index (Phi) is 8.09. The van der Waals surface area contributed by atoms with Gasteiger partial charge in [-0.3, -0.25) is 0 Å². The molecule has 0 heterocycles. The molecule has 2 nitrogen and oxygen atoms in total. The number of azo groups is 1. The van der Waals surface area contributed by atoms with Gasteiger partial charge in [0.1, 0.15) is 5.70 Å². The summed E-state index contributed by atoms with van der Waals surface area (Å²) < 4.78 is 0. The minimum atomic E-state index is 0. The van der Waals surface area contributed by atoms with E-state index in [0.29, 0.717) is 5.92 Å². The Balaban J connectivity index is 0.00000144. The van der Waals surface area contributed by atoms with Crippen molar-refractivity contribution in [3.05, 3.63) is 59.5 Å². The predicted molar refractivity (Wildman–Crippen MR) is 65.6 cm³/mol. The first-order valence-electron chi connectivity index (χ1n) is 5.37. The van der Waals surface area contributed by atoms with Gasteiger partial charge in [0, 0.05) is 0 Å². The fourth-order valence-electron chi connectivity index (χ4n) is 1.35. The maximum atomic E-state index is 4.15. The summed E-state index contributed by atoms with van der Waals surface area (Å²) in [4.78, 5) is 0. The van der Waals surface area contributed by atoms with Crippen molar-refractivity contribution >= 4 is 5.69 Å². The maximum absolute atomic E-state index is 4.15. The van der Waals surface area contributed by atoms with E-state index in [1.807, 2.05) is 36.4 Å². The SMILES string of the molecule is Cc1ccc(N=NC2=C=CC(C)C=C2)cc1.[Cl-].[Hg+]. The quantitative estimate of drug-likeness (QED) is 0.372. The van der Waals surface area contributed by atoms with Crippen molar-refractivity contribution in [1.29, 1.82) is 0 Å². The van der Waals surface area contributed by atoms with Gasteiger partial charge >= 0.3 is 27.7 Å². The molecule has 1 aromatic rings. The second-order valence-electron chi connectivity index (χ2n) is 3.95. The van der Waals surface area contributed by atoms with E-state index in [-0.39, 0.29) is 40.1 Å². The molecular weight excluding hydrogens is 432 g/mol. The molecule has 0 aliphatic heterocycles. The molecule has 0 aromatic heterocycles. The average Bonchev–Trinajstić information content (AvgIpc) is 2.30. The van der Waals surface area contributed by atoms with E-state index >= 15 is 0 Å². The topological polar surface area (TPSA) is 24.7 Å². The van der Waals surface area contributed by atoms with Crippen LogP contribution in [0.25, 0.3) is 0 Å². The third-order valence-corrected chi connectivity index (χ3v) is 2.36. The molecule has 1 aliphatic carbocycles. The van der Waals surface area contributed by atoms with Crippen LogP contribution in [-0.4, -0.2) is 0 Å². The summed E-state index contributed by atoms with van der Waals surface area (Å²) in [5.74, 6) is 0.443. The maximum Gasteiger partial charge on any atom is 1.00 e. The Morgan fingerprint density at radius 3 is 2.33 bits per heavy atom. The van der Waals surface area contributed by atoms with Gasteiger partial charge in [0.05, 0.1) is 5.69 Å². The van der Waals surface area contributed by atoms with Crippen LogP contribution in [0.2, 0.25) is 0 Å². The van der Waals surface area contributed by atoms with E-state index in [1.165, 1.54) is 5.56 Å². The Hall–Kier alpha value is -0.695. The molecule has 0 amide bonds. The molecule has 1 atom stereocenters. The first kappa shape index (κ1) is 17.3. The van der Waals surface area contributed by atoms with Crippen molar-refractivity contribution in [3.8, 4) is 0 Å². The predicted octanol–water partition coefficient (Wildman–Crippen LogP) is 1.33. The van der Waals surface area contributed by atoms with Crippen molar-refractivity contribution in [2.24, 2.45) is 16.1 Å². The van der Waals surface area contributed by atoms with Gasteiger partial charge in [0.15, 0.2) is 0 Å². The zero-order chi connectivity index (χ0) is 11.4. The van der Waals surface area contributed by atoms with Gasteiger partial charge in [-0.15, -0.1) is 10.2 Å². The van der Waals surface area contributed by atoms with Crippen LogP contribution in [0.4, 0.5) is 5.69 Å². The number of hydrogen-bond donors (Lipinski definition) is 0. The standard InChI is InChI=1S/C14H14N2.ClH.Hg/c1-11-3-7-13(8-4-11)15-16-14-9-5-12(2)6-10-14;;/h3-9,12H,1-2H3;1H;/q;;+1/p-1. The number of rotatable bonds is 2. The second kappa shape index (κ2) is 8.41. The molecule has 1 aliphatic rings. The number of halogens is 1. The van der Waals surface area contributed by atoms with Gasteiger partial charge in [0.25, 0.3) is 0 Å². The van der Waals surface area contributed by atoms with E-state index in [9.17, 15) is 0 Å². The van der Waals surface area contributed by atoms with Gasteiger partial charge in [-0.25, -0.2) is 0 Å². The van der Waals surface area contributed by atoms with E-state index in [0.717, 1.165) is 11.4 Å². The molecule has 0 spiro atoms. The zero-order valence-corrected chi connectivity index (χ0v) is 16.9. The minimum absolute atomic E-state index is 0. The van der Waals surface area contributed by atoms with Gasteiger partial charge in [-0.05, 0) is 37.1 Å². The van der Waals surface area contributed by atoms with Crippen molar-refractivity contribution in [3.63, 3.8) is 0 Å². The first-order chi connectivity index (χ1) is 7.74. The van der Waals surface area contributed by atoms with Gasteiger partial charge in [-0.2, -0.15) is 0 Å². The minimum Gasteiger partial charge on any atom is -1.00 e. The summed E-state index contributed by atoms with van der Waals surface area (Å²) in [5, 5.41) is 8.28. The number of allylic oxidation sites excluding steroid dienone is 2. The number of nitrogens with zero attached hydrogens (tertiary/aromatic N) is 2. The van der Waals surface area contributed by atoms with Gasteiger partial charge < -0.3 is 12.4 Å². The first-order valence-corrected chi connectivity index (χ1v) is 5.37. The van der Waals surface area contributed by atoms with Crippen LogP contribution in [0.3, 0.4) is 0 Å². The summed E-state index contributed by atoms with van der Waals surface area (Å²) in [6, 6.07) is 7.96. The van der Waals surface area contributed by atoms with Crippen molar-refractivity contribution in [2.45, 2.75) is 13.8 Å². The van der Waals surface area contributed by atoms with Crippen molar-refractivity contribution < 1.29 is 40.1 Å². The normalized spacial score (nSPS) is 17.0. The summed E-state index contributed by atoms with van der Waals surface area (Å²) in [7, 11) is 0. The third kappa shape index (κ3) is 5.30. The molecule has 0 N–H and O–H groups in total. The molecule has 0 saturated heterocycles. The Bertz CT molecular complexity index is 497. The molecule has 4 heteroatoms. The van der Waals surface area contributed by atoms with E-state index in [2.05, 4.69) is 35.9 Å². The molecule has 1 unspecified atom stereocenters. The molecule has 0 saturated carbocycles. The Labute approximate surface area is 135 Å². The molecule has 0 fully saturated rings. The molecular formula is C14H14ClHgN2. The number of hydrogen-bond acceptors (Lipinski definition) is 2. The van der Waals surface area contributed by atoms with Crippen molar-refractivity contribution in [2.75, 3.05) is 0 Å². The fourth-order valence-corrected chi connectivity index (χ4v) is 1.35. The Morgan fingerprint density at radius 2 is 1.78 bits per heavy atom. The van der Waals surface area contributed by atoms with Crippen LogP contribution >= 0.6 is 0 Å². The summed E-state index contributed by atoms with van der Waals surface area (Å²) >= 11 is 0. The van der Waals surface area contributed by atoms with Gasteiger partial charge in [-0.1, -0.05) is 36.4 Å². The van der Waals surface area contributed by atoms with E-state index in [4.69, 9.17) is 0 Å². The third-order valence-electron chi connectivity index (χ3n) is 2.36. The van der Waals surface area contributed by atoms with Crippen LogP contribution in [0.15, 0.2) is 64.2 Å². The largest absolute Gasteiger partial charge is 1.00 e. The van der Waals surface area contributed by atoms with Crippen molar-refractivity contribution in [1.82, 2.24) is 0 Å². The zero-order valence-electron chi connectivity index (χ0n) is 10.6. The fraction of sp³-hybridized carbons (Fsp3) is 0.214. The molecule has 1 radical (unpaired) electrons. The molecule has 89 valence electrons. The van der Waals surface area contributed by atoms with E-state index in [1.54, 1.807) is 0 Å². The second-order valence-corrected chi connectivity index (χ2v) is 3.95. The van der Waals surface area contributed by atoms with Crippen LogP contribution in [0, 0.1) is 12.8 Å². The van der Waals surface area contributed by atoms with Crippen LogP contribution in [0.5, 0.6) is 0 Å². The molecule has 2 rings (SSSR count).